The van der Waals surface area contributed by atoms with Crippen molar-refractivity contribution in [1.29, 1.82) is 0 Å². The van der Waals surface area contributed by atoms with Gasteiger partial charge in [0.05, 0.1) is 19.1 Å². The van der Waals surface area contributed by atoms with Gasteiger partial charge in [-0.1, -0.05) is 20.3 Å². The van der Waals surface area contributed by atoms with E-state index in [4.69, 9.17) is 9.84 Å². The molecule has 1 aliphatic heterocycles. The predicted molar refractivity (Wildman–Crippen MR) is 69.5 cm³/mol. The van der Waals surface area contributed by atoms with E-state index in [1.807, 2.05) is 0 Å². The molecule has 1 saturated heterocycles. The number of carboxylic acids is 1. The summed E-state index contributed by atoms with van der Waals surface area (Å²) in [6, 6.07) is 0.610. The van der Waals surface area contributed by atoms with Gasteiger partial charge in [0.1, 0.15) is 0 Å². The van der Waals surface area contributed by atoms with Crippen LogP contribution in [-0.4, -0.2) is 47.8 Å². The van der Waals surface area contributed by atoms with Crippen LogP contribution >= 0.6 is 0 Å². The maximum Gasteiger partial charge on any atom is 0.306 e. The zero-order valence-electron chi connectivity index (χ0n) is 11.5. The molecule has 0 aromatic rings. The molecule has 2 fully saturated rings. The number of hydrogen-bond donors (Lipinski definition) is 1. The lowest BCUT2D eigenvalue weighted by molar-refractivity contribution is -0.143. The molecule has 3 atom stereocenters. The van der Waals surface area contributed by atoms with E-state index in [1.165, 1.54) is 19.3 Å². The zero-order chi connectivity index (χ0) is 13.1. The van der Waals surface area contributed by atoms with Crippen LogP contribution in [-0.2, 0) is 9.53 Å². The number of carbonyl (C=O) groups is 1. The number of rotatable bonds is 3. The first-order chi connectivity index (χ1) is 8.58. The third-order valence-electron chi connectivity index (χ3n) is 4.48. The fourth-order valence-electron chi connectivity index (χ4n) is 3.72. The summed E-state index contributed by atoms with van der Waals surface area (Å²) in [5.74, 6) is 0.682. The highest BCUT2D eigenvalue weighted by Crippen LogP contribution is 2.33. The molecule has 2 aliphatic rings. The first kappa shape index (κ1) is 13.8. The SMILES string of the molecule is CC1CCCC(C)C1N1CCOC(CC(=O)O)C1. The van der Waals surface area contributed by atoms with Crippen LogP contribution in [0, 0.1) is 11.8 Å². The van der Waals surface area contributed by atoms with Gasteiger partial charge in [-0.15, -0.1) is 0 Å². The molecule has 1 aliphatic carbocycles. The van der Waals surface area contributed by atoms with Crippen molar-refractivity contribution in [2.75, 3.05) is 19.7 Å². The maximum atomic E-state index is 10.8. The Hall–Kier alpha value is -0.610. The zero-order valence-corrected chi connectivity index (χ0v) is 11.5. The molecule has 1 saturated carbocycles. The topological polar surface area (TPSA) is 49.8 Å². The molecule has 0 spiro atoms. The number of morpholine rings is 1. The van der Waals surface area contributed by atoms with Crippen LogP contribution in [0.4, 0.5) is 0 Å². The molecule has 3 unspecified atom stereocenters. The third kappa shape index (κ3) is 3.23. The Labute approximate surface area is 109 Å². The number of nitrogens with zero attached hydrogens (tertiary/aromatic N) is 1. The van der Waals surface area contributed by atoms with E-state index in [0.29, 0.717) is 12.6 Å². The molecule has 2 rings (SSSR count). The maximum absolute atomic E-state index is 10.8. The molecule has 4 heteroatoms. The van der Waals surface area contributed by atoms with Crippen LogP contribution in [0.2, 0.25) is 0 Å². The van der Waals surface area contributed by atoms with Crippen molar-refractivity contribution in [2.24, 2.45) is 11.8 Å². The van der Waals surface area contributed by atoms with E-state index in [2.05, 4.69) is 18.7 Å². The number of hydrogen-bond acceptors (Lipinski definition) is 3. The lowest BCUT2D eigenvalue weighted by Crippen LogP contribution is -2.53. The first-order valence-electron chi connectivity index (χ1n) is 7.15. The second-order valence-corrected chi connectivity index (χ2v) is 5.96. The van der Waals surface area contributed by atoms with Gasteiger partial charge >= 0.3 is 5.97 Å². The van der Waals surface area contributed by atoms with Gasteiger partial charge in [0.25, 0.3) is 0 Å². The molecular weight excluding hydrogens is 230 g/mol. The minimum absolute atomic E-state index is 0.127. The largest absolute Gasteiger partial charge is 0.481 e. The van der Waals surface area contributed by atoms with E-state index in [9.17, 15) is 4.79 Å². The van der Waals surface area contributed by atoms with Crippen LogP contribution in [0.5, 0.6) is 0 Å². The number of aliphatic carboxylic acids is 1. The highest BCUT2D eigenvalue weighted by Gasteiger charge is 2.35. The second kappa shape index (κ2) is 6.02. The summed E-state index contributed by atoms with van der Waals surface area (Å²) < 4.78 is 5.56. The molecule has 0 aromatic carbocycles. The van der Waals surface area contributed by atoms with E-state index < -0.39 is 5.97 Å². The van der Waals surface area contributed by atoms with Crippen molar-refractivity contribution in [2.45, 2.75) is 51.7 Å². The number of ether oxygens (including phenoxy) is 1. The van der Waals surface area contributed by atoms with Crippen molar-refractivity contribution in [3.63, 3.8) is 0 Å². The Morgan fingerprint density at radius 1 is 1.33 bits per heavy atom. The van der Waals surface area contributed by atoms with Crippen molar-refractivity contribution in [1.82, 2.24) is 4.90 Å². The summed E-state index contributed by atoms with van der Waals surface area (Å²) in [7, 11) is 0. The minimum Gasteiger partial charge on any atom is -0.481 e. The molecule has 0 bridgehead atoms. The minimum atomic E-state index is -0.758. The van der Waals surface area contributed by atoms with Gasteiger partial charge in [0, 0.05) is 19.1 Å². The number of carboxylic acid groups (broad SMARTS) is 1. The van der Waals surface area contributed by atoms with E-state index in [-0.39, 0.29) is 12.5 Å². The third-order valence-corrected chi connectivity index (χ3v) is 4.48. The molecule has 0 amide bonds. The highest BCUT2D eigenvalue weighted by atomic mass is 16.5. The predicted octanol–water partition coefficient (Wildman–Crippen LogP) is 1.99. The van der Waals surface area contributed by atoms with Crippen molar-refractivity contribution in [3.05, 3.63) is 0 Å². The standard InChI is InChI=1S/C14H25NO3/c1-10-4-3-5-11(2)14(10)15-6-7-18-12(9-15)8-13(16)17/h10-12,14H,3-9H2,1-2H3,(H,16,17). The molecule has 0 aromatic heterocycles. The average molecular weight is 255 g/mol. The molecule has 18 heavy (non-hydrogen) atoms. The monoisotopic (exact) mass is 255 g/mol. The molecule has 1 N–H and O–H groups in total. The Bertz CT molecular complexity index is 285. The molecular formula is C14H25NO3. The van der Waals surface area contributed by atoms with Gasteiger partial charge in [-0.3, -0.25) is 9.69 Å². The summed E-state index contributed by atoms with van der Waals surface area (Å²) >= 11 is 0. The van der Waals surface area contributed by atoms with Crippen molar-refractivity contribution < 1.29 is 14.6 Å². The van der Waals surface area contributed by atoms with Gasteiger partial charge in [-0.05, 0) is 24.7 Å². The Kier molecular flexibility index (Phi) is 4.62. The van der Waals surface area contributed by atoms with Gasteiger partial charge in [0.2, 0.25) is 0 Å². The first-order valence-corrected chi connectivity index (χ1v) is 7.15. The van der Waals surface area contributed by atoms with Gasteiger partial charge in [-0.25, -0.2) is 0 Å². The molecule has 104 valence electrons. The fourth-order valence-corrected chi connectivity index (χ4v) is 3.72. The van der Waals surface area contributed by atoms with Crippen LogP contribution in [0.15, 0.2) is 0 Å². The quantitative estimate of drug-likeness (QED) is 0.838. The normalized spacial score (nSPS) is 38.6. The fraction of sp³-hybridized carbons (Fsp3) is 0.929. The molecule has 0 radical (unpaired) electrons. The summed E-state index contributed by atoms with van der Waals surface area (Å²) in [6.07, 6.45) is 3.94. The van der Waals surface area contributed by atoms with Crippen LogP contribution in [0.25, 0.3) is 0 Å². The lowest BCUT2D eigenvalue weighted by Gasteiger charge is -2.45. The molecule has 4 nitrogen and oxygen atoms in total. The van der Waals surface area contributed by atoms with Crippen molar-refractivity contribution in [3.8, 4) is 0 Å². The van der Waals surface area contributed by atoms with E-state index in [0.717, 1.165) is 24.9 Å². The smallest absolute Gasteiger partial charge is 0.306 e. The summed E-state index contributed by atoms with van der Waals surface area (Å²) in [5.41, 5.74) is 0. The van der Waals surface area contributed by atoms with E-state index in [1.54, 1.807) is 0 Å². The highest BCUT2D eigenvalue weighted by molar-refractivity contribution is 5.67. The van der Waals surface area contributed by atoms with Crippen molar-refractivity contribution >= 4 is 5.97 Å². The van der Waals surface area contributed by atoms with Crippen LogP contribution < -0.4 is 0 Å². The summed E-state index contributed by atoms with van der Waals surface area (Å²) in [5, 5.41) is 8.87. The Morgan fingerprint density at radius 3 is 2.61 bits per heavy atom. The molecule has 1 heterocycles. The van der Waals surface area contributed by atoms with Gasteiger partial charge in [-0.2, -0.15) is 0 Å². The van der Waals surface area contributed by atoms with Gasteiger partial charge in [0.15, 0.2) is 0 Å². The summed E-state index contributed by atoms with van der Waals surface area (Å²) in [6.45, 7) is 7.08. The Morgan fingerprint density at radius 2 is 2.00 bits per heavy atom. The van der Waals surface area contributed by atoms with E-state index >= 15 is 0 Å². The second-order valence-electron chi connectivity index (χ2n) is 5.96. The Balaban J connectivity index is 1.96. The van der Waals surface area contributed by atoms with Crippen LogP contribution in [0.3, 0.4) is 0 Å². The lowest BCUT2D eigenvalue weighted by atomic mass is 9.77. The average Bonchev–Trinajstić information content (AvgIpc) is 2.28. The summed E-state index contributed by atoms with van der Waals surface area (Å²) in [4.78, 5) is 13.3. The van der Waals surface area contributed by atoms with Gasteiger partial charge < -0.3 is 9.84 Å². The van der Waals surface area contributed by atoms with Crippen LogP contribution in [0.1, 0.15) is 39.5 Å².